The van der Waals surface area contributed by atoms with Crippen molar-refractivity contribution < 1.29 is 4.55 Å². The van der Waals surface area contributed by atoms with Gasteiger partial charge in [-0.15, -0.1) is 0 Å². The fraction of sp³-hybridized carbons (Fsp3) is 0.520. The second-order valence-electron chi connectivity index (χ2n) is 8.25. The van der Waals surface area contributed by atoms with Gasteiger partial charge in [-0.3, -0.25) is 0 Å². The third kappa shape index (κ3) is 6.86. The third-order valence-corrected chi connectivity index (χ3v) is 8.43. The Balaban J connectivity index is 1.58. The Kier molecular flexibility index (Phi) is 10.0. The SMILES string of the molecule is CCNCC(CCN1CCC(c2ccccc2[S@@+]([O-])CC)CC1)c1ccc(Cl)c(Cl)c1. The van der Waals surface area contributed by atoms with Crippen molar-refractivity contribution in [3.8, 4) is 0 Å². The van der Waals surface area contributed by atoms with Gasteiger partial charge in [0.1, 0.15) is 5.75 Å². The van der Waals surface area contributed by atoms with Gasteiger partial charge in [0.2, 0.25) is 0 Å². The van der Waals surface area contributed by atoms with Crippen molar-refractivity contribution in [2.75, 3.05) is 38.5 Å². The molecule has 2 aromatic rings. The van der Waals surface area contributed by atoms with Crippen LogP contribution in [-0.4, -0.2) is 47.9 Å². The molecule has 0 radical (unpaired) electrons. The number of likely N-dealkylation sites (N-methyl/N-ethyl adjacent to an activating group) is 1. The lowest BCUT2D eigenvalue weighted by Crippen LogP contribution is -2.35. The molecule has 1 heterocycles. The Labute approximate surface area is 200 Å². The van der Waals surface area contributed by atoms with Gasteiger partial charge in [0.15, 0.2) is 4.90 Å². The molecule has 0 bridgehead atoms. The van der Waals surface area contributed by atoms with Gasteiger partial charge in [-0.1, -0.05) is 54.4 Å². The summed E-state index contributed by atoms with van der Waals surface area (Å²) in [5.74, 6) is 1.60. The van der Waals surface area contributed by atoms with Gasteiger partial charge in [0.25, 0.3) is 0 Å². The molecule has 1 aliphatic rings. The maximum atomic E-state index is 12.5. The van der Waals surface area contributed by atoms with Crippen LogP contribution in [0.15, 0.2) is 47.4 Å². The van der Waals surface area contributed by atoms with E-state index in [0.717, 1.165) is 56.9 Å². The molecule has 2 aromatic carbocycles. The average Bonchev–Trinajstić information content (AvgIpc) is 2.81. The predicted molar refractivity (Wildman–Crippen MR) is 134 cm³/mol. The van der Waals surface area contributed by atoms with Crippen molar-refractivity contribution >= 4 is 34.4 Å². The smallest absolute Gasteiger partial charge is 0.156 e. The number of halogens is 2. The quantitative estimate of drug-likeness (QED) is 0.418. The Morgan fingerprint density at radius 3 is 2.52 bits per heavy atom. The number of likely N-dealkylation sites (tertiary alicyclic amines) is 1. The molecule has 1 unspecified atom stereocenters. The third-order valence-electron chi connectivity index (χ3n) is 6.30. The van der Waals surface area contributed by atoms with Crippen molar-refractivity contribution in [2.24, 2.45) is 0 Å². The standard InChI is InChI=1S/C25H34Cl2N2OS/c1-3-28-18-21(20-9-10-23(26)24(27)17-20)13-16-29-14-11-19(12-15-29)22-7-5-6-8-25(22)31(30)4-2/h5-10,17,19,21,28H,3-4,11-16,18H2,1-2H3/t21?,31-/m0/s1. The van der Waals surface area contributed by atoms with Gasteiger partial charge in [0, 0.05) is 12.1 Å². The van der Waals surface area contributed by atoms with Gasteiger partial charge in [-0.05, 0) is 99.1 Å². The van der Waals surface area contributed by atoms with E-state index in [-0.39, 0.29) is 0 Å². The van der Waals surface area contributed by atoms with Crippen LogP contribution in [0.1, 0.15) is 56.1 Å². The van der Waals surface area contributed by atoms with Crippen LogP contribution in [0.3, 0.4) is 0 Å². The van der Waals surface area contributed by atoms with Crippen LogP contribution in [0.25, 0.3) is 0 Å². The summed E-state index contributed by atoms with van der Waals surface area (Å²) in [6.07, 6.45) is 3.34. The summed E-state index contributed by atoms with van der Waals surface area (Å²) >= 11 is 11.5. The molecule has 2 atom stereocenters. The molecule has 0 saturated carbocycles. The highest BCUT2D eigenvalue weighted by Gasteiger charge is 2.26. The van der Waals surface area contributed by atoms with E-state index in [4.69, 9.17) is 23.2 Å². The number of piperidine rings is 1. The molecule has 170 valence electrons. The van der Waals surface area contributed by atoms with Crippen LogP contribution < -0.4 is 5.32 Å². The molecule has 1 saturated heterocycles. The topological polar surface area (TPSA) is 38.3 Å². The summed E-state index contributed by atoms with van der Waals surface area (Å²) in [6, 6.07) is 14.3. The highest BCUT2D eigenvalue weighted by atomic mass is 35.5. The molecule has 6 heteroatoms. The van der Waals surface area contributed by atoms with Crippen molar-refractivity contribution in [2.45, 2.75) is 49.8 Å². The summed E-state index contributed by atoms with van der Waals surface area (Å²) in [4.78, 5) is 3.61. The van der Waals surface area contributed by atoms with E-state index >= 15 is 0 Å². The minimum Gasteiger partial charge on any atom is -0.611 e. The monoisotopic (exact) mass is 480 g/mol. The first kappa shape index (κ1) is 24.9. The van der Waals surface area contributed by atoms with E-state index in [1.165, 1.54) is 11.1 Å². The van der Waals surface area contributed by atoms with Crippen LogP contribution in [0.5, 0.6) is 0 Å². The van der Waals surface area contributed by atoms with E-state index in [2.05, 4.69) is 35.3 Å². The van der Waals surface area contributed by atoms with Crippen molar-refractivity contribution in [3.05, 3.63) is 63.6 Å². The number of nitrogens with one attached hydrogen (secondary N) is 1. The zero-order valence-electron chi connectivity index (χ0n) is 18.6. The number of hydrogen-bond donors (Lipinski definition) is 1. The lowest BCUT2D eigenvalue weighted by Gasteiger charge is -2.33. The van der Waals surface area contributed by atoms with E-state index < -0.39 is 11.2 Å². The van der Waals surface area contributed by atoms with Crippen molar-refractivity contribution in [1.29, 1.82) is 0 Å². The highest BCUT2D eigenvalue weighted by Crippen LogP contribution is 2.33. The Bertz CT molecular complexity index is 827. The van der Waals surface area contributed by atoms with E-state index in [9.17, 15) is 4.55 Å². The fourth-order valence-electron chi connectivity index (χ4n) is 4.46. The molecule has 0 spiro atoms. The molecule has 0 aliphatic carbocycles. The second-order valence-corrected chi connectivity index (χ2v) is 10.8. The van der Waals surface area contributed by atoms with Crippen molar-refractivity contribution in [3.63, 3.8) is 0 Å². The molecule has 0 amide bonds. The first-order valence-corrected chi connectivity index (χ1v) is 13.5. The van der Waals surface area contributed by atoms with Gasteiger partial charge < -0.3 is 14.8 Å². The maximum Gasteiger partial charge on any atom is 0.156 e. The van der Waals surface area contributed by atoms with Gasteiger partial charge in [0.05, 0.1) is 10.0 Å². The van der Waals surface area contributed by atoms with Crippen LogP contribution in [-0.2, 0) is 11.2 Å². The Morgan fingerprint density at radius 1 is 1.10 bits per heavy atom. The van der Waals surface area contributed by atoms with Gasteiger partial charge in [-0.2, -0.15) is 0 Å². The maximum absolute atomic E-state index is 12.5. The van der Waals surface area contributed by atoms with Gasteiger partial charge >= 0.3 is 0 Å². The molecule has 1 aliphatic heterocycles. The minimum atomic E-state index is -0.891. The fourth-order valence-corrected chi connectivity index (χ4v) is 5.80. The largest absolute Gasteiger partial charge is 0.611 e. The molecular formula is C25H34Cl2N2OS. The van der Waals surface area contributed by atoms with Crippen LogP contribution >= 0.6 is 23.2 Å². The molecular weight excluding hydrogens is 447 g/mol. The first-order valence-electron chi connectivity index (χ1n) is 11.4. The Morgan fingerprint density at radius 2 is 1.84 bits per heavy atom. The minimum absolute atomic E-state index is 0.417. The number of benzene rings is 2. The van der Waals surface area contributed by atoms with E-state index in [0.29, 0.717) is 27.6 Å². The lowest BCUT2D eigenvalue weighted by atomic mass is 9.89. The molecule has 1 fully saturated rings. The number of nitrogens with zero attached hydrogens (tertiary/aromatic N) is 1. The second kappa shape index (κ2) is 12.5. The number of rotatable bonds is 10. The summed E-state index contributed by atoms with van der Waals surface area (Å²) in [6.45, 7) is 9.29. The molecule has 31 heavy (non-hydrogen) atoms. The van der Waals surface area contributed by atoms with Gasteiger partial charge in [-0.25, -0.2) is 0 Å². The van der Waals surface area contributed by atoms with E-state index in [1.54, 1.807) is 0 Å². The van der Waals surface area contributed by atoms with Crippen LogP contribution in [0, 0.1) is 0 Å². The molecule has 1 N–H and O–H groups in total. The van der Waals surface area contributed by atoms with Crippen LogP contribution in [0.2, 0.25) is 10.0 Å². The van der Waals surface area contributed by atoms with Crippen LogP contribution in [0.4, 0.5) is 0 Å². The zero-order valence-corrected chi connectivity index (χ0v) is 20.9. The molecule has 0 aromatic heterocycles. The zero-order chi connectivity index (χ0) is 22.2. The van der Waals surface area contributed by atoms with Crippen molar-refractivity contribution in [1.82, 2.24) is 10.2 Å². The average molecular weight is 482 g/mol. The lowest BCUT2D eigenvalue weighted by molar-refractivity contribution is 0.204. The van der Waals surface area contributed by atoms with E-state index in [1.807, 2.05) is 31.2 Å². The first-order chi connectivity index (χ1) is 15.0. The molecule has 3 nitrogen and oxygen atoms in total. The summed E-state index contributed by atoms with van der Waals surface area (Å²) < 4.78 is 12.5. The summed E-state index contributed by atoms with van der Waals surface area (Å²) in [7, 11) is 0. The molecule has 3 rings (SSSR count). The highest BCUT2D eigenvalue weighted by molar-refractivity contribution is 7.91. The predicted octanol–water partition coefficient (Wildman–Crippen LogP) is 6.08. The summed E-state index contributed by atoms with van der Waals surface area (Å²) in [5, 5.41) is 4.74. The summed E-state index contributed by atoms with van der Waals surface area (Å²) in [5.41, 5.74) is 2.55. The Hall–Kier alpha value is -0.750. The number of hydrogen-bond acceptors (Lipinski definition) is 3. The normalized spacial score (nSPS) is 17.6.